The summed E-state index contributed by atoms with van der Waals surface area (Å²) >= 11 is 0. The predicted octanol–water partition coefficient (Wildman–Crippen LogP) is 1.47. The summed E-state index contributed by atoms with van der Waals surface area (Å²) in [6.45, 7) is 0.0459. The van der Waals surface area contributed by atoms with Gasteiger partial charge < -0.3 is 9.97 Å². The Balaban J connectivity index is 1.84. The van der Waals surface area contributed by atoms with Gasteiger partial charge in [-0.1, -0.05) is 12.1 Å². The van der Waals surface area contributed by atoms with Gasteiger partial charge in [0.2, 0.25) is 10.0 Å². The molecule has 0 saturated heterocycles. The molecule has 0 amide bonds. The Labute approximate surface area is 125 Å². The third-order valence-corrected chi connectivity index (χ3v) is 4.58. The molecule has 0 atom stereocenters. The molecule has 0 unspecified atom stereocenters. The van der Waals surface area contributed by atoms with Crippen molar-refractivity contribution in [1.82, 2.24) is 14.7 Å². The molecule has 114 valence electrons. The second-order valence-corrected chi connectivity index (χ2v) is 6.50. The zero-order valence-electron chi connectivity index (χ0n) is 11.3. The van der Waals surface area contributed by atoms with E-state index in [9.17, 15) is 17.6 Å². The molecule has 2 aromatic carbocycles. The first kappa shape index (κ1) is 14.5. The maximum absolute atomic E-state index is 12.8. The molecule has 0 radical (unpaired) electrons. The number of nitrogens with one attached hydrogen (secondary N) is 3. The van der Waals surface area contributed by atoms with Crippen molar-refractivity contribution >= 4 is 21.1 Å². The van der Waals surface area contributed by atoms with Crippen molar-refractivity contribution in [3.8, 4) is 0 Å². The molecule has 0 aliphatic heterocycles. The molecule has 6 nitrogen and oxygen atoms in total. The van der Waals surface area contributed by atoms with E-state index in [0.29, 0.717) is 16.6 Å². The largest absolute Gasteiger partial charge is 0.323 e. The van der Waals surface area contributed by atoms with Crippen molar-refractivity contribution in [2.45, 2.75) is 11.4 Å². The molecule has 0 aliphatic carbocycles. The van der Waals surface area contributed by atoms with E-state index in [1.807, 2.05) is 0 Å². The Hall–Kier alpha value is -2.45. The molecule has 0 aliphatic rings. The third kappa shape index (κ3) is 2.92. The van der Waals surface area contributed by atoms with Gasteiger partial charge in [-0.05, 0) is 35.9 Å². The molecular weight excluding hydrogens is 309 g/mol. The van der Waals surface area contributed by atoms with Gasteiger partial charge in [0.15, 0.2) is 0 Å². The van der Waals surface area contributed by atoms with Crippen LogP contribution in [0.5, 0.6) is 0 Å². The monoisotopic (exact) mass is 321 g/mol. The van der Waals surface area contributed by atoms with Crippen LogP contribution in [0.2, 0.25) is 0 Å². The minimum absolute atomic E-state index is 0.0392. The van der Waals surface area contributed by atoms with Crippen molar-refractivity contribution < 1.29 is 12.8 Å². The van der Waals surface area contributed by atoms with E-state index < -0.39 is 15.7 Å². The summed E-state index contributed by atoms with van der Waals surface area (Å²) in [6, 6.07) is 9.83. The number of sulfonamides is 1. The van der Waals surface area contributed by atoms with Crippen LogP contribution in [0.15, 0.2) is 52.2 Å². The lowest BCUT2D eigenvalue weighted by Crippen LogP contribution is -2.23. The standard InChI is InChI=1S/C14H12FN3O3S/c15-10-3-1-9(2-4-10)8-16-22(20,21)11-5-6-12-13(7-11)18-14(19)17-12/h1-7,16H,8H2,(H2,17,18,19). The highest BCUT2D eigenvalue weighted by Crippen LogP contribution is 2.15. The molecule has 22 heavy (non-hydrogen) atoms. The quantitative estimate of drug-likeness (QED) is 0.679. The van der Waals surface area contributed by atoms with E-state index in [2.05, 4.69) is 14.7 Å². The molecule has 0 fully saturated rings. The maximum Gasteiger partial charge on any atom is 0.323 e. The van der Waals surface area contributed by atoms with Crippen LogP contribution in [0, 0.1) is 5.82 Å². The zero-order valence-corrected chi connectivity index (χ0v) is 12.1. The molecule has 1 heterocycles. The number of rotatable bonds is 4. The fourth-order valence-corrected chi connectivity index (χ4v) is 3.09. The minimum atomic E-state index is -3.73. The van der Waals surface area contributed by atoms with Gasteiger partial charge >= 0.3 is 5.69 Å². The number of imidazole rings is 1. The van der Waals surface area contributed by atoms with E-state index in [0.717, 1.165) is 0 Å². The lowest BCUT2D eigenvalue weighted by Gasteiger charge is -2.07. The molecule has 3 rings (SSSR count). The zero-order chi connectivity index (χ0) is 15.7. The lowest BCUT2D eigenvalue weighted by atomic mass is 10.2. The van der Waals surface area contributed by atoms with E-state index >= 15 is 0 Å². The molecule has 8 heteroatoms. The van der Waals surface area contributed by atoms with E-state index in [1.54, 1.807) is 0 Å². The molecule has 1 aromatic heterocycles. The average Bonchev–Trinajstić information content (AvgIpc) is 2.86. The van der Waals surface area contributed by atoms with Crippen LogP contribution in [0.25, 0.3) is 11.0 Å². The SMILES string of the molecule is O=c1[nH]c2ccc(S(=O)(=O)NCc3ccc(F)cc3)cc2[nH]1. The molecule has 3 N–H and O–H groups in total. The molecule has 0 spiro atoms. The van der Waals surface area contributed by atoms with Crippen LogP contribution in [0.4, 0.5) is 4.39 Å². The summed E-state index contributed by atoms with van der Waals surface area (Å²) in [4.78, 5) is 16.3. The van der Waals surface area contributed by atoms with Crippen LogP contribution in [-0.2, 0) is 16.6 Å². The number of aromatic nitrogens is 2. The first-order valence-corrected chi connectivity index (χ1v) is 7.88. The van der Waals surface area contributed by atoms with Gasteiger partial charge in [0, 0.05) is 6.54 Å². The van der Waals surface area contributed by atoms with E-state index in [1.165, 1.54) is 42.5 Å². The number of hydrogen-bond acceptors (Lipinski definition) is 3. The summed E-state index contributed by atoms with van der Waals surface area (Å²) < 4.78 is 39.7. The van der Waals surface area contributed by atoms with Crippen molar-refractivity contribution in [2.75, 3.05) is 0 Å². The number of aromatic amines is 2. The Bertz CT molecular complexity index is 974. The second kappa shape index (κ2) is 5.39. The number of benzene rings is 2. The van der Waals surface area contributed by atoms with Gasteiger partial charge in [0.1, 0.15) is 5.82 Å². The van der Waals surface area contributed by atoms with Crippen molar-refractivity contribution in [3.05, 3.63) is 64.3 Å². The maximum atomic E-state index is 12.8. The first-order chi connectivity index (χ1) is 10.4. The highest BCUT2D eigenvalue weighted by atomic mass is 32.2. The topological polar surface area (TPSA) is 94.8 Å². The fourth-order valence-electron chi connectivity index (χ4n) is 2.04. The number of hydrogen-bond donors (Lipinski definition) is 3. The number of halogens is 1. The van der Waals surface area contributed by atoms with Gasteiger partial charge in [0.25, 0.3) is 0 Å². The Morgan fingerprint density at radius 2 is 1.68 bits per heavy atom. The molecule has 3 aromatic rings. The lowest BCUT2D eigenvalue weighted by molar-refractivity contribution is 0.581. The van der Waals surface area contributed by atoms with Crippen LogP contribution >= 0.6 is 0 Å². The third-order valence-electron chi connectivity index (χ3n) is 3.18. The van der Waals surface area contributed by atoms with Crippen LogP contribution in [0.3, 0.4) is 0 Å². The Morgan fingerprint density at radius 3 is 2.41 bits per heavy atom. The van der Waals surface area contributed by atoms with Gasteiger partial charge in [-0.2, -0.15) is 0 Å². The second-order valence-electron chi connectivity index (χ2n) is 4.74. The van der Waals surface area contributed by atoms with Gasteiger partial charge in [-0.15, -0.1) is 0 Å². The minimum Gasteiger partial charge on any atom is -0.306 e. The molecular formula is C14H12FN3O3S. The van der Waals surface area contributed by atoms with E-state index in [4.69, 9.17) is 0 Å². The highest BCUT2D eigenvalue weighted by molar-refractivity contribution is 7.89. The summed E-state index contributed by atoms with van der Waals surface area (Å²) in [7, 11) is -3.73. The fraction of sp³-hybridized carbons (Fsp3) is 0.0714. The predicted molar refractivity (Wildman–Crippen MR) is 79.3 cm³/mol. The summed E-state index contributed by atoms with van der Waals surface area (Å²) in [5.41, 5.74) is 1.18. The van der Waals surface area contributed by atoms with Crippen molar-refractivity contribution in [2.24, 2.45) is 0 Å². The van der Waals surface area contributed by atoms with Gasteiger partial charge in [-0.25, -0.2) is 22.3 Å². The normalized spacial score (nSPS) is 11.9. The average molecular weight is 321 g/mol. The van der Waals surface area contributed by atoms with Gasteiger partial charge in [0.05, 0.1) is 15.9 Å². The number of fused-ring (bicyclic) bond motifs is 1. The van der Waals surface area contributed by atoms with Crippen LogP contribution in [-0.4, -0.2) is 18.4 Å². The first-order valence-electron chi connectivity index (χ1n) is 6.40. The van der Waals surface area contributed by atoms with Crippen molar-refractivity contribution in [3.63, 3.8) is 0 Å². The van der Waals surface area contributed by atoms with E-state index in [-0.39, 0.29) is 17.3 Å². The number of H-pyrrole nitrogens is 2. The summed E-state index contributed by atoms with van der Waals surface area (Å²) in [6.07, 6.45) is 0. The van der Waals surface area contributed by atoms with Crippen LogP contribution in [0.1, 0.15) is 5.56 Å². The van der Waals surface area contributed by atoms with Crippen molar-refractivity contribution in [1.29, 1.82) is 0 Å². The summed E-state index contributed by atoms with van der Waals surface area (Å²) in [5.74, 6) is -0.381. The smallest absolute Gasteiger partial charge is 0.306 e. The summed E-state index contributed by atoms with van der Waals surface area (Å²) in [5, 5.41) is 0. The highest BCUT2D eigenvalue weighted by Gasteiger charge is 2.15. The molecule has 0 bridgehead atoms. The Morgan fingerprint density at radius 1 is 1.00 bits per heavy atom. The van der Waals surface area contributed by atoms with Gasteiger partial charge in [-0.3, -0.25) is 0 Å². The van der Waals surface area contributed by atoms with Crippen LogP contribution < -0.4 is 10.4 Å². The Kier molecular flexibility index (Phi) is 3.55. The molecule has 0 saturated carbocycles.